The number of aromatic nitrogens is 1. The zero-order valence-electron chi connectivity index (χ0n) is 13.0. The Labute approximate surface area is 137 Å². The summed E-state index contributed by atoms with van der Waals surface area (Å²) in [7, 11) is 1.33. The molecule has 120 valence electrons. The second-order valence-electron chi connectivity index (χ2n) is 5.60. The van der Waals surface area contributed by atoms with Crippen molar-refractivity contribution in [2.24, 2.45) is 0 Å². The Morgan fingerprint density at radius 1 is 1.33 bits per heavy atom. The molecule has 4 rings (SSSR count). The summed E-state index contributed by atoms with van der Waals surface area (Å²) < 4.78 is 10.6. The van der Waals surface area contributed by atoms with Gasteiger partial charge >= 0.3 is 5.97 Å². The van der Waals surface area contributed by atoms with Gasteiger partial charge in [0.15, 0.2) is 0 Å². The Bertz CT molecular complexity index is 961. The molecule has 1 aliphatic rings. The molecule has 24 heavy (non-hydrogen) atoms. The standard InChI is InChI=1S/C18H14N2O4/c1-23-18(22)14-6-2-4-11-8-13(24-16(11)14)10-20-9-12-5-3-7-19-15(12)17(20)21/h2-8H,9-10H2,1H3. The van der Waals surface area contributed by atoms with Crippen LogP contribution < -0.4 is 0 Å². The number of methoxy groups -OCH3 is 1. The smallest absolute Gasteiger partial charge is 0.341 e. The average Bonchev–Trinajstić information content (AvgIpc) is 3.15. The molecule has 1 aliphatic heterocycles. The number of furan rings is 1. The Morgan fingerprint density at radius 2 is 2.21 bits per heavy atom. The van der Waals surface area contributed by atoms with Crippen molar-refractivity contribution in [1.82, 2.24) is 9.88 Å². The van der Waals surface area contributed by atoms with E-state index in [4.69, 9.17) is 9.15 Å². The number of carbonyl (C=O) groups excluding carboxylic acids is 2. The summed E-state index contributed by atoms with van der Waals surface area (Å²) >= 11 is 0. The largest absolute Gasteiger partial charge is 0.465 e. The maximum Gasteiger partial charge on any atom is 0.341 e. The van der Waals surface area contributed by atoms with Crippen LogP contribution in [-0.2, 0) is 17.8 Å². The summed E-state index contributed by atoms with van der Waals surface area (Å²) in [4.78, 5) is 30.0. The van der Waals surface area contributed by atoms with E-state index in [-0.39, 0.29) is 5.91 Å². The number of nitrogens with zero attached hydrogens (tertiary/aromatic N) is 2. The molecule has 0 unspecified atom stereocenters. The lowest BCUT2D eigenvalue weighted by Crippen LogP contribution is -2.23. The molecule has 0 atom stereocenters. The Hall–Kier alpha value is -3.15. The highest BCUT2D eigenvalue weighted by atomic mass is 16.5. The first kappa shape index (κ1) is 14.4. The molecule has 3 aromatic rings. The first-order valence-corrected chi connectivity index (χ1v) is 7.50. The molecule has 0 bridgehead atoms. The summed E-state index contributed by atoms with van der Waals surface area (Å²) in [5.41, 5.74) is 2.25. The van der Waals surface area contributed by atoms with Crippen molar-refractivity contribution in [2.75, 3.05) is 7.11 Å². The minimum Gasteiger partial charge on any atom is -0.465 e. The van der Waals surface area contributed by atoms with Crippen LogP contribution in [0.1, 0.15) is 32.2 Å². The summed E-state index contributed by atoms with van der Waals surface area (Å²) in [6.45, 7) is 0.827. The number of amides is 1. The molecule has 6 heteroatoms. The van der Waals surface area contributed by atoms with E-state index in [0.29, 0.717) is 35.7 Å². The van der Waals surface area contributed by atoms with Gasteiger partial charge < -0.3 is 14.1 Å². The van der Waals surface area contributed by atoms with E-state index in [1.807, 2.05) is 24.3 Å². The highest BCUT2D eigenvalue weighted by Gasteiger charge is 2.29. The van der Waals surface area contributed by atoms with Crippen molar-refractivity contribution in [2.45, 2.75) is 13.1 Å². The van der Waals surface area contributed by atoms with Gasteiger partial charge in [-0.25, -0.2) is 4.79 Å². The molecular formula is C18H14N2O4. The number of para-hydroxylation sites is 1. The van der Waals surface area contributed by atoms with Gasteiger partial charge in [0.25, 0.3) is 5.91 Å². The highest BCUT2D eigenvalue weighted by Crippen LogP contribution is 2.27. The zero-order valence-corrected chi connectivity index (χ0v) is 13.0. The topological polar surface area (TPSA) is 72.6 Å². The van der Waals surface area contributed by atoms with Gasteiger partial charge in [-0.2, -0.15) is 0 Å². The molecule has 0 N–H and O–H groups in total. The van der Waals surface area contributed by atoms with Crippen molar-refractivity contribution in [3.63, 3.8) is 0 Å². The predicted molar refractivity (Wildman–Crippen MR) is 85.4 cm³/mol. The summed E-state index contributed by atoms with van der Waals surface area (Å²) in [6, 6.07) is 10.8. The molecule has 6 nitrogen and oxygen atoms in total. The molecule has 0 saturated heterocycles. The van der Waals surface area contributed by atoms with E-state index >= 15 is 0 Å². The molecular weight excluding hydrogens is 308 g/mol. The first-order chi connectivity index (χ1) is 11.7. The average molecular weight is 322 g/mol. The van der Waals surface area contributed by atoms with Crippen LogP contribution in [0.25, 0.3) is 11.0 Å². The zero-order chi connectivity index (χ0) is 16.7. The van der Waals surface area contributed by atoms with Crippen LogP contribution in [0.2, 0.25) is 0 Å². The van der Waals surface area contributed by atoms with Gasteiger partial charge in [-0.15, -0.1) is 0 Å². The lowest BCUT2D eigenvalue weighted by Gasteiger charge is -2.12. The van der Waals surface area contributed by atoms with E-state index < -0.39 is 5.97 Å². The lowest BCUT2D eigenvalue weighted by molar-refractivity contribution is 0.0600. The normalized spacial score (nSPS) is 13.4. The number of pyridine rings is 1. The maximum absolute atomic E-state index is 12.4. The minimum atomic E-state index is -0.449. The summed E-state index contributed by atoms with van der Waals surface area (Å²) in [5, 5.41) is 0.801. The molecule has 0 aliphatic carbocycles. The Morgan fingerprint density at radius 3 is 3.00 bits per heavy atom. The van der Waals surface area contributed by atoms with Crippen LogP contribution in [0.4, 0.5) is 0 Å². The van der Waals surface area contributed by atoms with E-state index in [1.165, 1.54) is 7.11 Å². The van der Waals surface area contributed by atoms with Crippen LogP contribution >= 0.6 is 0 Å². The molecule has 1 amide bonds. The van der Waals surface area contributed by atoms with E-state index in [0.717, 1.165) is 10.9 Å². The third kappa shape index (κ3) is 2.23. The number of fused-ring (bicyclic) bond motifs is 2. The van der Waals surface area contributed by atoms with Crippen LogP contribution in [-0.4, -0.2) is 28.9 Å². The van der Waals surface area contributed by atoms with Gasteiger partial charge in [0, 0.05) is 23.7 Å². The van der Waals surface area contributed by atoms with Crippen molar-refractivity contribution in [3.05, 3.63) is 65.2 Å². The monoisotopic (exact) mass is 322 g/mol. The third-order valence-corrected chi connectivity index (χ3v) is 4.09. The fourth-order valence-electron chi connectivity index (χ4n) is 2.97. The van der Waals surface area contributed by atoms with Crippen molar-refractivity contribution >= 4 is 22.8 Å². The highest BCUT2D eigenvalue weighted by molar-refractivity contribution is 6.02. The molecule has 1 aromatic carbocycles. The summed E-state index contributed by atoms with van der Waals surface area (Å²) in [5.74, 6) is 0.0529. The number of esters is 1. The Kier molecular flexibility index (Phi) is 3.30. The van der Waals surface area contributed by atoms with Crippen LogP contribution in [0.5, 0.6) is 0 Å². The van der Waals surface area contributed by atoms with Gasteiger partial charge in [-0.3, -0.25) is 9.78 Å². The van der Waals surface area contributed by atoms with Gasteiger partial charge in [0.2, 0.25) is 0 Å². The van der Waals surface area contributed by atoms with E-state index in [1.54, 1.807) is 23.2 Å². The van der Waals surface area contributed by atoms with Crippen molar-refractivity contribution < 1.29 is 18.7 Å². The second kappa shape index (κ2) is 5.49. The maximum atomic E-state index is 12.4. The van der Waals surface area contributed by atoms with Crippen molar-refractivity contribution in [3.8, 4) is 0 Å². The number of hydrogen-bond acceptors (Lipinski definition) is 5. The van der Waals surface area contributed by atoms with E-state index in [2.05, 4.69) is 4.98 Å². The quantitative estimate of drug-likeness (QED) is 0.693. The fourth-order valence-corrected chi connectivity index (χ4v) is 2.97. The second-order valence-corrected chi connectivity index (χ2v) is 5.60. The molecule has 0 saturated carbocycles. The SMILES string of the molecule is COC(=O)c1cccc2cc(CN3Cc4cccnc4C3=O)oc12. The first-order valence-electron chi connectivity index (χ1n) is 7.50. The minimum absolute atomic E-state index is 0.112. The summed E-state index contributed by atoms with van der Waals surface area (Å²) in [6.07, 6.45) is 1.62. The number of ether oxygens (including phenoxy) is 1. The fraction of sp³-hybridized carbons (Fsp3) is 0.167. The van der Waals surface area contributed by atoms with Crippen LogP contribution in [0.3, 0.4) is 0 Å². The lowest BCUT2D eigenvalue weighted by atomic mass is 10.1. The molecule has 2 aromatic heterocycles. The van der Waals surface area contributed by atoms with E-state index in [9.17, 15) is 9.59 Å². The molecule has 0 spiro atoms. The number of carbonyl (C=O) groups is 2. The molecule has 3 heterocycles. The van der Waals surface area contributed by atoms with Gasteiger partial charge in [0.1, 0.15) is 22.6 Å². The number of hydrogen-bond donors (Lipinski definition) is 0. The van der Waals surface area contributed by atoms with Gasteiger partial charge in [-0.05, 0) is 18.2 Å². The van der Waals surface area contributed by atoms with Gasteiger partial charge in [-0.1, -0.05) is 18.2 Å². The third-order valence-electron chi connectivity index (χ3n) is 4.09. The predicted octanol–water partition coefficient (Wildman–Crippen LogP) is 2.77. The Balaban J connectivity index is 1.65. The van der Waals surface area contributed by atoms with Crippen LogP contribution in [0, 0.1) is 0 Å². The molecule has 0 radical (unpaired) electrons. The number of benzene rings is 1. The number of rotatable bonds is 3. The van der Waals surface area contributed by atoms with Gasteiger partial charge in [0.05, 0.1) is 13.7 Å². The van der Waals surface area contributed by atoms with Crippen molar-refractivity contribution in [1.29, 1.82) is 0 Å². The van der Waals surface area contributed by atoms with Crippen LogP contribution in [0.15, 0.2) is 47.0 Å². The molecule has 0 fully saturated rings.